The van der Waals surface area contributed by atoms with Gasteiger partial charge >= 0.3 is 0 Å². The molecule has 0 spiro atoms. The number of rotatable bonds is 11. The molecule has 2 nitrogen and oxygen atoms in total. The maximum Gasteiger partial charge on any atom is 0.0693 e. The molecule has 0 aliphatic heterocycles. The van der Waals surface area contributed by atoms with Crippen LogP contribution in [-0.4, -0.2) is 25.8 Å². The SMILES string of the molecule is CCCCCCCCC(CC1(OC)CCC1)NC. The fourth-order valence-corrected chi connectivity index (χ4v) is 3.03. The van der Waals surface area contributed by atoms with Crippen LogP contribution in [0, 0.1) is 0 Å². The maximum absolute atomic E-state index is 5.73. The van der Waals surface area contributed by atoms with Crippen molar-refractivity contribution >= 4 is 0 Å². The van der Waals surface area contributed by atoms with Crippen molar-refractivity contribution in [2.24, 2.45) is 0 Å². The van der Waals surface area contributed by atoms with Crippen molar-refractivity contribution in [2.45, 2.75) is 89.2 Å². The first kappa shape index (κ1) is 16.0. The van der Waals surface area contributed by atoms with Crippen LogP contribution in [0.25, 0.3) is 0 Å². The lowest BCUT2D eigenvalue weighted by atomic mass is 9.75. The molecule has 0 aromatic carbocycles. The number of methoxy groups -OCH3 is 1. The summed E-state index contributed by atoms with van der Waals surface area (Å²) in [6.07, 6.45) is 14.7. The van der Waals surface area contributed by atoms with Gasteiger partial charge in [0.15, 0.2) is 0 Å². The summed E-state index contributed by atoms with van der Waals surface area (Å²) in [4.78, 5) is 0. The van der Waals surface area contributed by atoms with Crippen molar-refractivity contribution in [1.82, 2.24) is 5.32 Å². The predicted molar refractivity (Wildman–Crippen MR) is 79.0 cm³/mol. The molecule has 1 N–H and O–H groups in total. The molecule has 0 radical (unpaired) electrons. The Bertz CT molecular complexity index is 196. The second kappa shape index (κ2) is 8.92. The summed E-state index contributed by atoms with van der Waals surface area (Å²) in [6.45, 7) is 2.28. The lowest BCUT2D eigenvalue weighted by molar-refractivity contribution is -0.0836. The van der Waals surface area contributed by atoms with Crippen LogP contribution < -0.4 is 5.32 Å². The first-order chi connectivity index (χ1) is 8.76. The largest absolute Gasteiger partial charge is 0.378 e. The summed E-state index contributed by atoms with van der Waals surface area (Å²) < 4.78 is 5.73. The smallest absolute Gasteiger partial charge is 0.0693 e. The maximum atomic E-state index is 5.73. The summed E-state index contributed by atoms with van der Waals surface area (Å²) in [5.74, 6) is 0. The van der Waals surface area contributed by atoms with Crippen LogP contribution in [-0.2, 0) is 4.74 Å². The van der Waals surface area contributed by atoms with Crippen LogP contribution in [0.3, 0.4) is 0 Å². The predicted octanol–water partition coefficient (Wildman–Crippen LogP) is 4.28. The highest BCUT2D eigenvalue weighted by atomic mass is 16.5. The van der Waals surface area contributed by atoms with Gasteiger partial charge in [-0.15, -0.1) is 0 Å². The van der Waals surface area contributed by atoms with Crippen molar-refractivity contribution in [3.8, 4) is 0 Å². The highest BCUT2D eigenvalue weighted by Crippen LogP contribution is 2.39. The first-order valence-electron chi connectivity index (χ1n) is 7.99. The Labute approximate surface area is 114 Å². The number of hydrogen-bond acceptors (Lipinski definition) is 2. The minimum absolute atomic E-state index is 0.218. The number of ether oxygens (including phenoxy) is 1. The van der Waals surface area contributed by atoms with E-state index in [-0.39, 0.29) is 5.60 Å². The Kier molecular flexibility index (Phi) is 7.92. The molecule has 0 aromatic rings. The molecular weight excluding hydrogens is 222 g/mol. The molecule has 0 aromatic heterocycles. The van der Waals surface area contributed by atoms with E-state index in [0.717, 1.165) is 0 Å². The van der Waals surface area contributed by atoms with E-state index in [9.17, 15) is 0 Å². The Balaban J connectivity index is 2.09. The molecule has 1 aliphatic carbocycles. The summed E-state index contributed by atoms with van der Waals surface area (Å²) in [5.41, 5.74) is 0.218. The third kappa shape index (κ3) is 5.27. The topological polar surface area (TPSA) is 21.3 Å². The highest BCUT2D eigenvalue weighted by Gasteiger charge is 2.38. The van der Waals surface area contributed by atoms with Gasteiger partial charge in [-0.3, -0.25) is 0 Å². The molecule has 1 saturated carbocycles. The third-order valence-electron chi connectivity index (χ3n) is 4.63. The van der Waals surface area contributed by atoms with Gasteiger partial charge in [0.05, 0.1) is 5.60 Å². The van der Waals surface area contributed by atoms with Gasteiger partial charge in [0.1, 0.15) is 0 Å². The van der Waals surface area contributed by atoms with E-state index < -0.39 is 0 Å². The molecule has 0 amide bonds. The number of nitrogens with one attached hydrogen (secondary N) is 1. The number of hydrogen-bond donors (Lipinski definition) is 1. The quantitative estimate of drug-likeness (QED) is 0.556. The van der Waals surface area contributed by atoms with Crippen LogP contribution >= 0.6 is 0 Å². The van der Waals surface area contributed by atoms with Crippen molar-refractivity contribution in [1.29, 1.82) is 0 Å². The van der Waals surface area contributed by atoms with Gasteiger partial charge in [0.2, 0.25) is 0 Å². The molecule has 0 saturated heterocycles. The average Bonchev–Trinajstić information content (AvgIpc) is 2.35. The lowest BCUT2D eigenvalue weighted by Gasteiger charge is -2.42. The zero-order chi connectivity index (χ0) is 13.3. The summed E-state index contributed by atoms with van der Waals surface area (Å²) in [5, 5.41) is 3.48. The summed E-state index contributed by atoms with van der Waals surface area (Å²) >= 11 is 0. The van der Waals surface area contributed by atoms with E-state index in [4.69, 9.17) is 4.74 Å². The van der Waals surface area contributed by atoms with Gasteiger partial charge in [-0.05, 0) is 39.2 Å². The monoisotopic (exact) mass is 255 g/mol. The van der Waals surface area contributed by atoms with Gasteiger partial charge in [-0.1, -0.05) is 45.4 Å². The van der Waals surface area contributed by atoms with Gasteiger partial charge in [0.25, 0.3) is 0 Å². The van der Waals surface area contributed by atoms with Crippen LogP contribution in [0.1, 0.15) is 77.6 Å². The second-order valence-corrected chi connectivity index (χ2v) is 5.99. The molecule has 108 valence electrons. The molecule has 1 atom stereocenters. The van der Waals surface area contributed by atoms with Crippen molar-refractivity contribution in [3.63, 3.8) is 0 Å². The zero-order valence-electron chi connectivity index (χ0n) is 12.8. The molecule has 18 heavy (non-hydrogen) atoms. The lowest BCUT2D eigenvalue weighted by Crippen LogP contribution is -2.45. The molecule has 2 heteroatoms. The third-order valence-corrected chi connectivity index (χ3v) is 4.63. The fourth-order valence-electron chi connectivity index (χ4n) is 3.03. The van der Waals surface area contributed by atoms with E-state index in [1.54, 1.807) is 0 Å². The molecule has 0 heterocycles. The van der Waals surface area contributed by atoms with E-state index >= 15 is 0 Å². The van der Waals surface area contributed by atoms with E-state index in [1.807, 2.05) is 7.11 Å². The Morgan fingerprint density at radius 3 is 2.28 bits per heavy atom. The van der Waals surface area contributed by atoms with Crippen LogP contribution in [0.15, 0.2) is 0 Å². The van der Waals surface area contributed by atoms with Gasteiger partial charge in [0, 0.05) is 13.2 Å². The minimum Gasteiger partial charge on any atom is -0.378 e. The van der Waals surface area contributed by atoms with E-state index in [0.29, 0.717) is 6.04 Å². The van der Waals surface area contributed by atoms with E-state index in [1.165, 1.54) is 70.6 Å². The van der Waals surface area contributed by atoms with Gasteiger partial charge < -0.3 is 10.1 Å². The van der Waals surface area contributed by atoms with Crippen LogP contribution in [0.2, 0.25) is 0 Å². The molecule has 1 aliphatic rings. The standard InChI is InChI=1S/C16H33NO/c1-4-5-6-7-8-9-11-15(17-2)14-16(18-3)12-10-13-16/h15,17H,4-14H2,1-3H3. The van der Waals surface area contributed by atoms with Crippen LogP contribution in [0.5, 0.6) is 0 Å². The average molecular weight is 255 g/mol. The van der Waals surface area contributed by atoms with Crippen molar-refractivity contribution < 1.29 is 4.74 Å². The summed E-state index contributed by atoms with van der Waals surface area (Å²) in [7, 11) is 3.99. The Morgan fingerprint density at radius 2 is 1.78 bits per heavy atom. The van der Waals surface area contributed by atoms with Gasteiger partial charge in [-0.25, -0.2) is 0 Å². The molecule has 0 bridgehead atoms. The Hall–Kier alpha value is -0.0800. The first-order valence-corrected chi connectivity index (χ1v) is 7.99. The fraction of sp³-hybridized carbons (Fsp3) is 1.00. The highest BCUT2D eigenvalue weighted by molar-refractivity contribution is 4.92. The molecule has 1 rings (SSSR count). The second-order valence-electron chi connectivity index (χ2n) is 5.99. The summed E-state index contributed by atoms with van der Waals surface area (Å²) in [6, 6.07) is 0.649. The van der Waals surface area contributed by atoms with Crippen molar-refractivity contribution in [3.05, 3.63) is 0 Å². The molecular formula is C16H33NO. The van der Waals surface area contributed by atoms with E-state index in [2.05, 4.69) is 19.3 Å². The van der Waals surface area contributed by atoms with Crippen LogP contribution in [0.4, 0.5) is 0 Å². The molecule has 1 fully saturated rings. The number of unbranched alkanes of at least 4 members (excludes halogenated alkanes) is 5. The molecule has 1 unspecified atom stereocenters. The normalized spacial score (nSPS) is 19.5. The zero-order valence-corrected chi connectivity index (χ0v) is 12.8. The Morgan fingerprint density at radius 1 is 1.11 bits per heavy atom. The van der Waals surface area contributed by atoms with Crippen molar-refractivity contribution in [2.75, 3.05) is 14.2 Å². The minimum atomic E-state index is 0.218. The van der Waals surface area contributed by atoms with Gasteiger partial charge in [-0.2, -0.15) is 0 Å².